The average Bonchev–Trinajstić information content (AvgIpc) is 3.16. The van der Waals surface area contributed by atoms with Crippen molar-refractivity contribution in [3.63, 3.8) is 0 Å². The molecule has 3 aromatic heterocycles. The summed E-state index contributed by atoms with van der Waals surface area (Å²) < 4.78 is 7.97. The molecule has 21 heavy (non-hydrogen) atoms. The molecule has 102 valence electrons. The molecule has 1 aromatic carbocycles. The fourth-order valence-electron chi connectivity index (χ4n) is 2.19. The van der Waals surface area contributed by atoms with Crippen molar-refractivity contribution in [1.82, 2.24) is 19.5 Å². The van der Waals surface area contributed by atoms with Crippen LogP contribution >= 0.6 is 22.6 Å². The van der Waals surface area contributed by atoms with Crippen molar-refractivity contribution in [2.45, 2.75) is 0 Å². The van der Waals surface area contributed by atoms with Gasteiger partial charge < -0.3 is 8.92 Å². The van der Waals surface area contributed by atoms with Crippen LogP contribution in [0.15, 0.2) is 59.7 Å². The number of rotatable bonds is 2. The summed E-state index contributed by atoms with van der Waals surface area (Å²) in [5, 5.41) is 3.83. The highest BCUT2D eigenvalue weighted by atomic mass is 127. The number of benzene rings is 1. The first-order chi connectivity index (χ1) is 10.3. The van der Waals surface area contributed by atoms with Crippen LogP contribution < -0.4 is 0 Å². The normalized spacial score (nSPS) is 11.1. The Kier molecular flexibility index (Phi) is 2.95. The molecule has 0 spiro atoms. The number of halogens is 1. The van der Waals surface area contributed by atoms with Gasteiger partial charge in [0, 0.05) is 27.1 Å². The maximum atomic E-state index is 4.76. The molecule has 0 saturated carbocycles. The lowest BCUT2D eigenvalue weighted by atomic mass is 10.1. The Morgan fingerprint density at radius 3 is 2.52 bits per heavy atom. The summed E-state index contributed by atoms with van der Waals surface area (Å²) in [6.07, 6.45) is 5.41. The molecule has 0 aliphatic heterocycles. The highest BCUT2D eigenvalue weighted by Crippen LogP contribution is 2.23. The van der Waals surface area contributed by atoms with Crippen LogP contribution in [-0.4, -0.2) is 19.5 Å². The molecule has 5 nitrogen and oxygen atoms in total. The Morgan fingerprint density at radius 2 is 1.76 bits per heavy atom. The zero-order chi connectivity index (χ0) is 14.2. The van der Waals surface area contributed by atoms with E-state index in [1.54, 1.807) is 0 Å². The first kappa shape index (κ1) is 12.5. The summed E-state index contributed by atoms with van der Waals surface area (Å²) in [5.74, 6) is 0.589. The van der Waals surface area contributed by atoms with Gasteiger partial charge in [-0.05, 0) is 34.7 Å². The van der Waals surface area contributed by atoms with Gasteiger partial charge in [0.1, 0.15) is 5.65 Å². The molecule has 0 bridgehead atoms. The van der Waals surface area contributed by atoms with Crippen LogP contribution in [0.1, 0.15) is 0 Å². The van der Waals surface area contributed by atoms with E-state index >= 15 is 0 Å². The van der Waals surface area contributed by atoms with E-state index in [-0.39, 0.29) is 0 Å². The third-order valence-corrected chi connectivity index (χ3v) is 3.85. The minimum Gasteiger partial charge on any atom is -0.342 e. The zero-order valence-electron chi connectivity index (χ0n) is 10.8. The Balaban J connectivity index is 1.74. The van der Waals surface area contributed by atoms with E-state index < -0.39 is 0 Å². The predicted octanol–water partition coefficient (Wildman–Crippen LogP) is 3.66. The Bertz CT molecular complexity index is 897. The number of nitrogens with zero attached hydrogens (tertiary/aromatic N) is 4. The van der Waals surface area contributed by atoms with Gasteiger partial charge >= 0.3 is 0 Å². The van der Waals surface area contributed by atoms with Gasteiger partial charge in [-0.2, -0.15) is 4.98 Å². The number of aromatic nitrogens is 4. The van der Waals surface area contributed by atoms with Crippen molar-refractivity contribution in [3.05, 3.63) is 58.8 Å². The second kappa shape index (κ2) is 4.96. The van der Waals surface area contributed by atoms with E-state index in [0.717, 1.165) is 22.5 Å². The maximum absolute atomic E-state index is 4.76. The molecule has 0 fully saturated rings. The Labute approximate surface area is 133 Å². The third kappa shape index (κ3) is 2.31. The van der Waals surface area contributed by atoms with Crippen molar-refractivity contribution < 1.29 is 4.52 Å². The molecule has 0 saturated heterocycles. The fourth-order valence-corrected chi connectivity index (χ4v) is 2.67. The van der Waals surface area contributed by atoms with Gasteiger partial charge in [0.2, 0.25) is 12.2 Å². The van der Waals surface area contributed by atoms with Gasteiger partial charge in [-0.15, -0.1) is 0 Å². The van der Waals surface area contributed by atoms with Gasteiger partial charge in [-0.1, -0.05) is 29.4 Å². The molecular formula is C15H9IN4O. The molecule has 0 unspecified atom stereocenters. The van der Waals surface area contributed by atoms with E-state index in [1.165, 1.54) is 9.96 Å². The van der Waals surface area contributed by atoms with E-state index in [1.807, 2.05) is 47.0 Å². The first-order valence-electron chi connectivity index (χ1n) is 6.31. The van der Waals surface area contributed by atoms with Crippen molar-refractivity contribution in [2.75, 3.05) is 0 Å². The number of imidazole rings is 1. The van der Waals surface area contributed by atoms with E-state index in [4.69, 9.17) is 4.52 Å². The lowest BCUT2D eigenvalue weighted by Crippen LogP contribution is -1.82. The number of pyridine rings is 1. The second-order valence-corrected chi connectivity index (χ2v) is 5.82. The zero-order valence-corrected chi connectivity index (χ0v) is 12.9. The van der Waals surface area contributed by atoms with Crippen LogP contribution in [0, 0.1) is 3.57 Å². The monoisotopic (exact) mass is 388 g/mol. The van der Waals surface area contributed by atoms with Crippen molar-refractivity contribution in [3.8, 4) is 22.6 Å². The number of hydrogen-bond donors (Lipinski definition) is 0. The quantitative estimate of drug-likeness (QED) is 0.492. The van der Waals surface area contributed by atoms with Gasteiger partial charge in [-0.3, -0.25) is 0 Å². The van der Waals surface area contributed by atoms with E-state index in [0.29, 0.717) is 5.82 Å². The first-order valence-corrected chi connectivity index (χ1v) is 7.39. The molecular weight excluding hydrogens is 379 g/mol. The lowest BCUT2D eigenvalue weighted by Gasteiger charge is -1.97. The third-order valence-electron chi connectivity index (χ3n) is 3.22. The summed E-state index contributed by atoms with van der Waals surface area (Å²) in [4.78, 5) is 8.66. The summed E-state index contributed by atoms with van der Waals surface area (Å²) in [6, 6.07) is 12.0. The maximum Gasteiger partial charge on any atom is 0.214 e. The fraction of sp³-hybridized carbons (Fsp3) is 0. The Hall–Kier alpha value is -2.22. The average molecular weight is 388 g/mol. The lowest BCUT2D eigenvalue weighted by molar-refractivity contribution is 0.419. The van der Waals surface area contributed by atoms with Crippen LogP contribution in [-0.2, 0) is 0 Å². The van der Waals surface area contributed by atoms with Gasteiger partial charge in [0.15, 0.2) is 0 Å². The SMILES string of the molecule is Ic1ccc2nc(-c3ccc(-c4ncon4)cc3)cn2c1. The summed E-state index contributed by atoms with van der Waals surface area (Å²) in [6.45, 7) is 0. The van der Waals surface area contributed by atoms with Crippen LogP contribution in [0.2, 0.25) is 0 Å². The molecule has 0 aliphatic carbocycles. The molecule has 0 radical (unpaired) electrons. The van der Waals surface area contributed by atoms with E-state index in [9.17, 15) is 0 Å². The van der Waals surface area contributed by atoms with Crippen LogP contribution in [0.25, 0.3) is 28.3 Å². The highest BCUT2D eigenvalue weighted by Gasteiger charge is 2.07. The smallest absolute Gasteiger partial charge is 0.214 e. The van der Waals surface area contributed by atoms with Crippen molar-refractivity contribution in [1.29, 1.82) is 0 Å². The largest absolute Gasteiger partial charge is 0.342 e. The summed E-state index contributed by atoms with van der Waals surface area (Å²) >= 11 is 2.29. The minimum absolute atomic E-state index is 0.589. The van der Waals surface area contributed by atoms with Crippen LogP contribution in [0.4, 0.5) is 0 Å². The molecule has 6 heteroatoms. The molecule has 3 heterocycles. The summed E-state index contributed by atoms with van der Waals surface area (Å²) in [7, 11) is 0. The van der Waals surface area contributed by atoms with Crippen LogP contribution in [0.5, 0.6) is 0 Å². The number of fused-ring (bicyclic) bond motifs is 1. The molecule has 0 aliphatic rings. The minimum atomic E-state index is 0.589. The van der Waals surface area contributed by atoms with Gasteiger partial charge in [0.25, 0.3) is 0 Å². The number of hydrogen-bond acceptors (Lipinski definition) is 4. The van der Waals surface area contributed by atoms with Crippen LogP contribution in [0.3, 0.4) is 0 Å². The van der Waals surface area contributed by atoms with Crippen molar-refractivity contribution in [2.24, 2.45) is 0 Å². The summed E-state index contributed by atoms with van der Waals surface area (Å²) in [5.41, 5.74) is 3.86. The standard InChI is InChI=1S/C15H9IN4O/c16-12-5-6-14-18-13(8-20(14)7-12)10-1-3-11(4-2-10)15-17-9-21-19-15/h1-9H. The second-order valence-electron chi connectivity index (χ2n) is 4.57. The van der Waals surface area contributed by atoms with E-state index in [2.05, 4.69) is 43.9 Å². The topological polar surface area (TPSA) is 56.2 Å². The van der Waals surface area contributed by atoms with Gasteiger partial charge in [-0.25, -0.2) is 4.98 Å². The molecule has 0 N–H and O–H groups in total. The predicted molar refractivity (Wildman–Crippen MR) is 86.6 cm³/mol. The molecule has 0 amide bonds. The highest BCUT2D eigenvalue weighted by molar-refractivity contribution is 14.1. The Morgan fingerprint density at radius 1 is 0.952 bits per heavy atom. The molecule has 0 atom stereocenters. The molecule has 4 aromatic rings. The molecule has 4 rings (SSSR count). The van der Waals surface area contributed by atoms with Crippen molar-refractivity contribution >= 4 is 28.2 Å². The van der Waals surface area contributed by atoms with Gasteiger partial charge in [0.05, 0.1) is 5.69 Å².